The molecule has 15 heavy (non-hydrogen) atoms. The van der Waals surface area contributed by atoms with E-state index in [0.29, 0.717) is 5.56 Å². The van der Waals surface area contributed by atoms with Gasteiger partial charge >= 0.3 is 0 Å². The summed E-state index contributed by atoms with van der Waals surface area (Å²) in [6.45, 7) is 0. The Labute approximate surface area is 89.6 Å². The third-order valence-corrected chi connectivity index (χ3v) is 3.07. The molecule has 0 atom stereocenters. The maximum atomic E-state index is 8.77. The summed E-state index contributed by atoms with van der Waals surface area (Å²) in [5.41, 5.74) is 4.18. The number of hydrogen-bond acceptors (Lipinski definition) is 4. The van der Waals surface area contributed by atoms with Gasteiger partial charge in [0.05, 0.1) is 21.3 Å². The predicted molar refractivity (Wildman–Crippen MR) is 59.6 cm³/mol. The van der Waals surface area contributed by atoms with Gasteiger partial charge in [0.2, 0.25) is 0 Å². The molecule has 4 heteroatoms. The van der Waals surface area contributed by atoms with Gasteiger partial charge in [-0.05, 0) is 12.1 Å². The molecular weight excluding hydrogens is 206 g/mol. The summed E-state index contributed by atoms with van der Waals surface area (Å²) in [5, 5.41) is 9.73. The van der Waals surface area contributed by atoms with Gasteiger partial charge in [0.15, 0.2) is 0 Å². The van der Waals surface area contributed by atoms with E-state index in [1.165, 1.54) is 0 Å². The lowest BCUT2D eigenvalue weighted by atomic mass is 10.1. The minimum absolute atomic E-state index is 0.581. The Hall–Kier alpha value is -1.99. The van der Waals surface area contributed by atoms with Crippen molar-refractivity contribution in [1.29, 1.82) is 5.26 Å². The van der Waals surface area contributed by atoms with Crippen molar-refractivity contribution in [2.45, 2.75) is 0 Å². The second-order valence-corrected chi connectivity index (χ2v) is 4.06. The highest BCUT2D eigenvalue weighted by Crippen LogP contribution is 2.25. The zero-order valence-electron chi connectivity index (χ0n) is 7.64. The van der Waals surface area contributed by atoms with Crippen LogP contribution >= 0.6 is 11.3 Å². The van der Waals surface area contributed by atoms with E-state index in [2.05, 4.69) is 16.0 Å². The Morgan fingerprint density at radius 3 is 3.00 bits per heavy atom. The van der Waals surface area contributed by atoms with Gasteiger partial charge in [0.25, 0.3) is 0 Å². The van der Waals surface area contributed by atoms with E-state index < -0.39 is 0 Å². The van der Waals surface area contributed by atoms with Crippen molar-refractivity contribution in [3.05, 3.63) is 35.5 Å². The number of benzene rings is 1. The van der Waals surface area contributed by atoms with E-state index in [-0.39, 0.29) is 0 Å². The summed E-state index contributed by atoms with van der Waals surface area (Å²) in [5.74, 6) is 0. The second-order valence-electron chi connectivity index (χ2n) is 3.17. The maximum Gasteiger partial charge on any atom is 0.107 e. The Balaban J connectivity index is 2.50. The predicted octanol–water partition coefficient (Wildman–Crippen LogP) is 2.72. The van der Waals surface area contributed by atoms with Crippen LogP contribution in [0.2, 0.25) is 0 Å². The SMILES string of the molecule is N#Cc1cnc2c(ccc3scnc32)c1. The van der Waals surface area contributed by atoms with Crippen LogP contribution in [0.3, 0.4) is 0 Å². The second kappa shape index (κ2) is 3.01. The number of thiazole rings is 1. The summed E-state index contributed by atoms with van der Waals surface area (Å²) >= 11 is 1.60. The van der Waals surface area contributed by atoms with Crippen LogP contribution in [-0.2, 0) is 0 Å². The largest absolute Gasteiger partial charge is 0.253 e. The van der Waals surface area contributed by atoms with Crippen LogP contribution in [-0.4, -0.2) is 9.97 Å². The molecule has 2 heterocycles. The first-order valence-corrected chi connectivity index (χ1v) is 5.28. The highest BCUT2D eigenvalue weighted by Gasteiger charge is 2.04. The molecule has 0 saturated carbocycles. The fraction of sp³-hybridized carbons (Fsp3) is 0. The van der Waals surface area contributed by atoms with Gasteiger partial charge in [-0.25, -0.2) is 4.98 Å². The van der Waals surface area contributed by atoms with Gasteiger partial charge < -0.3 is 0 Å². The van der Waals surface area contributed by atoms with E-state index in [0.717, 1.165) is 21.1 Å². The zero-order chi connectivity index (χ0) is 10.3. The lowest BCUT2D eigenvalue weighted by Crippen LogP contribution is -1.83. The smallest absolute Gasteiger partial charge is 0.107 e. The van der Waals surface area contributed by atoms with E-state index in [9.17, 15) is 0 Å². The maximum absolute atomic E-state index is 8.77. The number of aromatic nitrogens is 2. The molecule has 3 aromatic rings. The zero-order valence-corrected chi connectivity index (χ0v) is 8.45. The average Bonchev–Trinajstić information content (AvgIpc) is 2.76. The molecule has 0 fully saturated rings. The van der Waals surface area contributed by atoms with Crippen LogP contribution in [0.25, 0.3) is 21.1 Å². The normalized spacial score (nSPS) is 10.6. The summed E-state index contributed by atoms with van der Waals surface area (Å²) < 4.78 is 1.12. The van der Waals surface area contributed by atoms with Crippen LogP contribution in [0.15, 0.2) is 29.9 Å². The highest BCUT2D eigenvalue weighted by molar-refractivity contribution is 7.16. The molecule has 0 aliphatic heterocycles. The summed E-state index contributed by atoms with van der Waals surface area (Å²) in [7, 11) is 0. The topological polar surface area (TPSA) is 49.6 Å². The number of pyridine rings is 1. The molecule has 0 aliphatic carbocycles. The molecule has 70 valence electrons. The molecule has 3 rings (SSSR count). The number of nitriles is 1. The van der Waals surface area contributed by atoms with E-state index >= 15 is 0 Å². The Kier molecular flexibility index (Phi) is 1.67. The number of rotatable bonds is 0. The Bertz CT molecular complexity index is 694. The molecule has 0 amide bonds. The summed E-state index contributed by atoms with van der Waals surface area (Å²) in [6.07, 6.45) is 1.58. The molecule has 0 saturated heterocycles. The first-order chi connectivity index (χ1) is 7.38. The van der Waals surface area contributed by atoms with Crippen LogP contribution in [0.1, 0.15) is 5.56 Å². The van der Waals surface area contributed by atoms with Gasteiger partial charge in [-0.1, -0.05) is 6.07 Å². The molecule has 0 unspecified atom stereocenters. The number of hydrogen-bond donors (Lipinski definition) is 0. The van der Waals surface area contributed by atoms with Gasteiger partial charge in [0.1, 0.15) is 11.6 Å². The van der Waals surface area contributed by atoms with Crippen molar-refractivity contribution in [3.63, 3.8) is 0 Å². The Morgan fingerprint density at radius 2 is 2.13 bits per heavy atom. The molecule has 0 radical (unpaired) electrons. The van der Waals surface area contributed by atoms with Crippen LogP contribution in [0.4, 0.5) is 0 Å². The highest BCUT2D eigenvalue weighted by atomic mass is 32.1. The lowest BCUT2D eigenvalue weighted by Gasteiger charge is -1.97. The van der Waals surface area contributed by atoms with Crippen molar-refractivity contribution in [2.24, 2.45) is 0 Å². The van der Waals surface area contributed by atoms with Gasteiger partial charge in [0, 0.05) is 11.6 Å². The van der Waals surface area contributed by atoms with Crippen LogP contribution < -0.4 is 0 Å². The van der Waals surface area contributed by atoms with Crippen molar-refractivity contribution >= 4 is 32.5 Å². The van der Waals surface area contributed by atoms with Crippen LogP contribution in [0, 0.1) is 11.3 Å². The van der Waals surface area contributed by atoms with Gasteiger partial charge in [-0.3, -0.25) is 4.98 Å². The quantitative estimate of drug-likeness (QED) is 0.574. The van der Waals surface area contributed by atoms with Crippen LogP contribution in [0.5, 0.6) is 0 Å². The molecule has 0 bridgehead atoms. The monoisotopic (exact) mass is 211 g/mol. The molecule has 0 N–H and O–H groups in total. The molecule has 0 spiro atoms. The molecule has 3 nitrogen and oxygen atoms in total. The summed E-state index contributed by atoms with van der Waals surface area (Å²) in [6, 6.07) is 7.90. The van der Waals surface area contributed by atoms with Gasteiger partial charge in [-0.2, -0.15) is 5.26 Å². The van der Waals surface area contributed by atoms with E-state index in [4.69, 9.17) is 5.26 Å². The molecule has 1 aromatic carbocycles. The first-order valence-electron chi connectivity index (χ1n) is 4.40. The number of fused-ring (bicyclic) bond motifs is 3. The summed E-state index contributed by atoms with van der Waals surface area (Å²) in [4.78, 5) is 8.55. The third-order valence-electron chi connectivity index (χ3n) is 2.28. The lowest BCUT2D eigenvalue weighted by molar-refractivity contribution is 1.37. The van der Waals surface area contributed by atoms with Gasteiger partial charge in [-0.15, -0.1) is 11.3 Å². The van der Waals surface area contributed by atoms with Crippen molar-refractivity contribution in [3.8, 4) is 6.07 Å². The Morgan fingerprint density at radius 1 is 1.20 bits per heavy atom. The molecule has 2 aromatic heterocycles. The minimum atomic E-state index is 0.581. The fourth-order valence-corrected chi connectivity index (χ4v) is 2.26. The van der Waals surface area contributed by atoms with Crippen molar-refractivity contribution in [2.75, 3.05) is 0 Å². The molecular formula is C11H5N3S. The third kappa shape index (κ3) is 1.17. The average molecular weight is 211 g/mol. The van der Waals surface area contributed by atoms with E-state index in [1.54, 1.807) is 17.5 Å². The van der Waals surface area contributed by atoms with Crippen molar-refractivity contribution < 1.29 is 0 Å². The molecule has 0 aliphatic rings. The first kappa shape index (κ1) is 8.33. The van der Waals surface area contributed by atoms with Crippen molar-refractivity contribution in [1.82, 2.24) is 9.97 Å². The fourth-order valence-electron chi connectivity index (χ4n) is 1.58. The van der Waals surface area contributed by atoms with E-state index in [1.807, 2.05) is 23.7 Å². The minimum Gasteiger partial charge on any atom is -0.253 e. The number of nitrogens with zero attached hydrogens (tertiary/aromatic N) is 3. The standard InChI is InChI=1S/C11H5N3S/c12-4-7-3-8-1-2-9-11(14-6-15-9)10(8)13-5-7/h1-3,5-6H.